The largest absolute Gasteiger partial charge is 0.383 e. The van der Waals surface area contributed by atoms with Gasteiger partial charge in [0.15, 0.2) is 0 Å². The maximum absolute atomic E-state index is 11.9. The molecule has 104 valence electrons. The topological polar surface area (TPSA) is 50.4 Å². The van der Waals surface area contributed by atoms with Crippen LogP contribution in [0.1, 0.15) is 31.7 Å². The fourth-order valence-electron chi connectivity index (χ4n) is 2.28. The van der Waals surface area contributed by atoms with Gasteiger partial charge in [0.2, 0.25) is 5.91 Å². The maximum atomic E-state index is 11.9. The lowest BCUT2D eigenvalue weighted by Crippen LogP contribution is -2.18. The van der Waals surface area contributed by atoms with Crippen molar-refractivity contribution in [2.45, 2.75) is 38.7 Å². The van der Waals surface area contributed by atoms with Crippen LogP contribution in [0.4, 0.5) is 11.4 Å². The fraction of sp³-hybridized carbons (Fsp3) is 0.533. The van der Waals surface area contributed by atoms with Crippen molar-refractivity contribution < 1.29 is 9.53 Å². The zero-order chi connectivity index (χ0) is 13.7. The molecule has 0 aliphatic carbocycles. The monoisotopic (exact) mass is 262 g/mol. The van der Waals surface area contributed by atoms with Crippen molar-refractivity contribution in [3.05, 3.63) is 23.8 Å². The molecule has 0 saturated carbocycles. The van der Waals surface area contributed by atoms with Gasteiger partial charge in [0.1, 0.15) is 0 Å². The van der Waals surface area contributed by atoms with Crippen LogP contribution in [0.5, 0.6) is 0 Å². The first-order chi connectivity index (χ1) is 9.20. The molecule has 1 aliphatic rings. The van der Waals surface area contributed by atoms with Crippen LogP contribution in [0.3, 0.4) is 0 Å². The van der Waals surface area contributed by atoms with Crippen LogP contribution in [-0.2, 0) is 16.0 Å². The Morgan fingerprint density at radius 1 is 1.53 bits per heavy atom. The van der Waals surface area contributed by atoms with E-state index in [1.54, 1.807) is 7.11 Å². The van der Waals surface area contributed by atoms with Crippen LogP contribution in [0, 0.1) is 0 Å². The van der Waals surface area contributed by atoms with E-state index in [-0.39, 0.29) is 12.0 Å². The number of rotatable bonds is 5. The molecule has 1 aliphatic heterocycles. The summed E-state index contributed by atoms with van der Waals surface area (Å²) in [4.78, 5) is 11.9. The molecule has 4 nitrogen and oxygen atoms in total. The molecule has 1 amide bonds. The first-order valence-electron chi connectivity index (χ1n) is 6.89. The molecule has 0 radical (unpaired) electrons. The SMILES string of the molecule is COC(C)CCC(=O)Nc1cccc2c1NCCC2. The minimum atomic E-state index is 0.0460. The summed E-state index contributed by atoms with van der Waals surface area (Å²) in [5, 5.41) is 6.37. The second-order valence-electron chi connectivity index (χ2n) is 5.00. The van der Waals surface area contributed by atoms with Crippen molar-refractivity contribution in [2.75, 3.05) is 24.3 Å². The standard InChI is InChI=1S/C15H22N2O2/c1-11(19-2)8-9-14(18)17-13-7-3-5-12-6-4-10-16-15(12)13/h3,5,7,11,16H,4,6,8-10H2,1-2H3,(H,17,18). The van der Waals surface area contributed by atoms with Crippen LogP contribution in [0.2, 0.25) is 0 Å². The van der Waals surface area contributed by atoms with Gasteiger partial charge in [-0.15, -0.1) is 0 Å². The number of carbonyl (C=O) groups is 1. The predicted octanol–water partition coefficient (Wildman–Crippen LogP) is 2.80. The third-order valence-electron chi connectivity index (χ3n) is 3.53. The third kappa shape index (κ3) is 3.70. The lowest BCUT2D eigenvalue weighted by atomic mass is 10.0. The quantitative estimate of drug-likeness (QED) is 0.858. The number of para-hydroxylation sites is 1. The number of hydrogen-bond acceptors (Lipinski definition) is 3. The molecule has 2 N–H and O–H groups in total. The van der Waals surface area contributed by atoms with E-state index in [1.807, 2.05) is 19.1 Å². The Morgan fingerprint density at radius 2 is 2.37 bits per heavy atom. The number of anilines is 2. The van der Waals surface area contributed by atoms with E-state index < -0.39 is 0 Å². The molecule has 0 bridgehead atoms. The third-order valence-corrected chi connectivity index (χ3v) is 3.53. The molecule has 0 aromatic heterocycles. The van der Waals surface area contributed by atoms with Gasteiger partial charge in [-0.2, -0.15) is 0 Å². The summed E-state index contributed by atoms with van der Waals surface area (Å²) in [6.45, 7) is 2.94. The van der Waals surface area contributed by atoms with E-state index in [2.05, 4.69) is 16.7 Å². The van der Waals surface area contributed by atoms with E-state index in [1.165, 1.54) is 5.56 Å². The second kappa shape index (κ2) is 6.57. The molecule has 1 heterocycles. The number of amides is 1. The molecule has 0 saturated heterocycles. The number of fused-ring (bicyclic) bond motifs is 1. The summed E-state index contributed by atoms with van der Waals surface area (Å²) < 4.78 is 5.15. The van der Waals surface area contributed by atoms with Crippen LogP contribution in [-0.4, -0.2) is 25.7 Å². The minimum absolute atomic E-state index is 0.0460. The number of methoxy groups -OCH3 is 1. The summed E-state index contributed by atoms with van der Waals surface area (Å²) in [6, 6.07) is 6.07. The normalized spacial score (nSPS) is 15.3. The molecule has 1 unspecified atom stereocenters. The fourth-order valence-corrected chi connectivity index (χ4v) is 2.28. The Morgan fingerprint density at radius 3 is 3.16 bits per heavy atom. The average molecular weight is 262 g/mol. The highest BCUT2D eigenvalue weighted by Gasteiger charge is 2.14. The van der Waals surface area contributed by atoms with Gasteiger partial charge in [-0.05, 0) is 37.8 Å². The number of nitrogens with one attached hydrogen (secondary N) is 2. The highest BCUT2D eigenvalue weighted by molar-refractivity contribution is 5.94. The van der Waals surface area contributed by atoms with Crippen molar-refractivity contribution in [3.8, 4) is 0 Å². The highest BCUT2D eigenvalue weighted by atomic mass is 16.5. The Hall–Kier alpha value is -1.55. The molecule has 1 aromatic rings. The maximum Gasteiger partial charge on any atom is 0.224 e. The Labute approximate surface area is 114 Å². The first-order valence-corrected chi connectivity index (χ1v) is 6.89. The van der Waals surface area contributed by atoms with Gasteiger partial charge in [0.25, 0.3) is 0 Å². The number of aryl methyl sites for hydroxylation is 1. The summed E-state index contributed by atoms with van der Waals surface area (Å²) in [7, 11) is 1.67. The Kier molecular flexibility index (Phi) is 4.80. The first kappa shape index (κ1) is 13.9. The van der Waals surface area contributed by atoms with Gasteiger partial charge >= 0.3 is 0 Å². The lowest BCUT2D eigenvalue weighted by Gasteiger charge is -2.21. The van der Waals surface area contributed by atoms with Crippen LogP contribution < -0.4 is 10.6 Å². The smallest absolute Gasteiger partial charge is 0.224 e. The van der Waals surface area contributed by atoms with Crippen molar-refractivity contribution in [2.24, 2.45) is 0 Å². The molecular weight excluding hydrogens is 240 g/mol. The van der Waals surface area contributed by atoms with Gasteiger partial charge in [-0.25, -0.2) is 0 Å². The van der Waals surface area contributed by atoms with Crippen LogP contribution in [0.15, 0.2) is 18.2 Å². The van der Waals surface area contributed by atoms with Gasteiger partial charge in [-0.1, -0.05) is 12.1 Å². The molecule has 4 heteroatoms. The molecule has 0 fully saturated rings. The lowest BCUT2D eigenvalue weighted by molar-refractivity contribution is -0.116. The van der Waals surface area contributed by atoms with Crippen molar-refractivity contribution in [1.82, 2.24) is 0 Å². The number of ether oxygens (including phenoxy) is 1. The number of carbonyl (C=O) groups excluding carboxylic acids is 1. The highest BCUT2D eigenvalue weighted by Crippen LogP contribution is 2.30. The van der Waals surface area contributed by atoms with Gasteiger partial charge in [-0.3, -0.25) is 4.79 Å². The molecule has 1 aromatic carbocycles. The molecule has 19 heavy (non-hydrogen) atoms. The summed E-state index contributed by atoms with van der Waals surface area (Å²) in [6.07, 6.45) is 3.57. The Bertz CT molecular complexity index is 446. The summed E-state index contributed by atoms with van der Waals surface area (Å²) in [5.41, 5.74) is 3.27. The van der Waals surface area contributed by atoms with E-state index in [9.17, 15) is 4.79 Å². The second-order valence-corrected chi connectivity index (χ2v) is 5.00. The van der Waals surface area contributed by atoms with Crippen molar-refractivity contribution in [1.29, 1.82) is 0 Å². The van der Waals surface area contributed by atoms with Crippen molar-refractivity contribution >= 4 is 17.3 Å². The predicted molar refractivity (Wildman–Crippen MR) is 77.6 cm³/mol. The van der Waals surface area contributed by atoms with E-state index in [0.717, 1.165) is 37.2 Å². The van der Waals surface area contributed by atoms with Crippen LogP contribution >= 0.6 is 0 Å². The van der Waals surface area contributed by atoms with E-state index in [0.29, 0.717) is 6.42 Å². The van der Waals surface area contributed by atoms with Crippen LogP contribution in [0.25, 0.3) is 0 Å². The summed E-state index contributed by atoms with van der Waals surface area (Å²) >= 11 is 0. The van der Waals surface area contributed by atoms with E-state index >= 15 is 0 Å². The minimum Gasteiger partial charge on any atom is -0.383 e. The Balaban J connectivity index is 1.97. The van der Waals surface area contributed by atoms with Gasteiger partial charge < -0.3 is 15.4 Å². The van der Waals surface area contributed by atoms with E-state index in [4.69, 9.17) is 4.74 Å². The number of benzene rings is 1. The average Bonchev–Trinajstić information content (AvgIpc) is 2.45. The molecule has 1 atom stereocenters. The number of hydrogen-bond donors (Lipinski definition) is 2. The zero-order valence-corrected chi connectivity index (χ0v) is 11.7. The molecule has 2 rings (SSSR count). The van der Waals surface area contributed by atoms with Crippen molar-refractivity contribution in [3.63, 3.8) is 0 Å². The zero-order valence-electron chi connectivity index (χ0n) is 11.7. The van der Waals surface area contributed by atoms with Gasteiger partial charge in [0.05, 0.1) is 17.5 Å². The molecular formula is C15H22N2O2. The molecule has 0 spiro atoms. The summed E-state index contributed by atoms with van der Waals surface area (Å²) in [5.74, 6) is 0.0460. The van der Waals surface area contributed by atoms with Gasteiger partial charge in [0, 0.05) is 20.1 Å².